The predicted molar refractivity (Wildman–Crippen MR) is 352 cm³/mol. The molecule has 0 rings (SSSR count). The molecule has 0 aromatic rings. The summed E-state index contributed by atoms with van der Waals surface area (Å²) in [6, 6.07) is -0.537. The molecule has 0 aromatic carbocycles. The standard InChI is InChI=1S/C74H143NO5/c1-3-5-7-9-11-13-15-17-19-39-42-46-50-54-58-62-66-72(77)71(70-76)75-73(78)67-63-59-55-51-47-43-40-37-35-33-31-29-27-25-23-21-20-22-24-26-28-30-32-34-36-38-41-45-49-53-57-61-65-69-80-74(79)68-64-60-56-52-48-44-18-16-14-12-10-8-6-4-2/h10,12,16,18,71-72,76-77H,3-9,11,13-15,17,19-70H2,1-2H3,(H,75,78)/b12-10-,18-16-. The first-order valence-electron chi connectivity index (χ1n) is 36.6. The van der Waals surface area contributed by atoms with Gasteiger partial charge in [-0.3, -0.25) is 9.59 Å². The number of hydrogen-bond acceptors (Lipinski definition) is 5. The third-order valence-electron chi connectivity index (χ3n) is 17.3. The van der Waals surface area contributed by atoms with Crippen molar-refractivity contribution in [1.82, 2.24) is 5.32 Å². The molecule has 0 heterocycles. The molecule has 2 atom stereocenters. The van der Waals surface area contributed by atoms with E-state index in [0.29, 0.717) is 25.9 Å². The van der Waals surface area contributed by atoms with E-state index in [0.717, 1.165) is 51.4 Å². The molecule has 3 N–H and O–H groups in total. The number of nitrogens with one attached hydrogen (secondary N) is 1. The van der Waals surface area contributed by atoms with Crippen LogP contribution in [0.5, 0.6) is 0 Å². The van der Waals surface area contributed by atoms with Crippen molar-refractivity contribution in [2.24, 2.45) is 0 Å². The number of rotatable bonds is 69. The molecule has 0 bridgehead atoms. The lowest BCUT2D eigenvalue weighted by atomic mass is 10.0. The zero-order chi connectivity index (χ0) is 57.8. The minimum atomic E-state index is -0.660. The van der Waals surface area contributed by atoms with Crippen LogP contribution in [-0.2, 0) is 14.3 Å². The minimum absolute atomic E-state index is 0.00762. The quantitative estimate of drug-likeness (QED) is 0.0320. The average Bonchev–Trinajstić information content (AvgIpc) is 3.46. The lowest BCUT2D eigenvalue weighted by Gasteiger charge is -2.22. The van der Waals surface area contributed by atoms with Crippen molar-refractivity contribution < 1.29 is 24.5 Å². The first-order chi connectivity index (χ1) is 39.5. The van der Waals surface area contributed by atoms with E-state index in [1.165, 1.54) is 327 Å². The predicted octanol–water partition coefficient (Wildman–Crippen LogP) is 23.7. The Morgan fingerprint density at radius 1 is 0.350 bits per heavy atom. The van der Waals surface area contributed by atoms with E-state index in [2.05, 4.69) is 43.5 Å². The first-order valence-corrected chi connectivity index (χ1v) is 36.6. The highest BCUT2D eigenvalue weighted by Gasteiger charge is 2.20. The molecule has 0 saturated carbocycles. The highest BCUT2D eigenvalue weighted by Crippen LogP contribution is 2.20. The van der Waals surface area contributed by atoms with Crippen molar-refractivity contribution in [3.63, 3.8) is 0 Å². The zero-order valence-corrected chi connectivity index (χ0v) is 54.3. The normalized spacial score (nSPS) is 12.6. The molecule has 0 spiro atoms. The highest BCUT2D eigenvalue weighted by atomic mass is 16.5. The summed E-state index contributed by atoms with van der Waals surface area (Å²) in [5, 5.41) is 23.4. The monoisotopic (exact) mass is 1130 g/mol. The summed E-state index contributed by atoms with van der Waals surface area (Å²) in [6.07, 6.45) is 88.2. The number of aliphatic hydroxyl groups excluding tert-OH is 2. The molecule has 0 fully saturated rings. The van der Waals surface area contributed by atoms with Crippen molar-refractivity contribution >= 4 is 11.9 Å². The fourth-order valence-corrected chi connectivity index (χ4v) is 11.7. The van der Waals surface area contributed by atoms with Crippen molar-refractivity contribution in [1.29, 1.82) is 0 Å². The minimum Gasteiger partial charge on any atom is -0.466 e. The summed E-state index contributed by atoms with van der Waals surface area (Å²) >= 11 is 0. The van der Waals surface area contributed by atoms with Gasteiger partial charge in [-0.1, -0.05) is 372 Å². The maximum Gasteiger partial charge on any atom is 0.305 e. The molecule has 1 amide bonds. The van der Waals surface area contributed by atoms with E-state index in [9.17, 15) is 19.8 Å². The number of allylic oxidation sites excluding steroid dienone is 4. The van der Waals surface area contributed by atoms with Crippen LogP contribution in [0.15, 0.2) is 24.3 Å². The molecule has 6 heteroatoms. The van der Waals surface area contributed by atoms with Crippen LogP contribution in [0.4, 0.5) is 0 Å². The summed E-state index contributed by atoms with van der Waals surface area (Å²) in [7, 11) is 0. The fraction of sp³-hybridized carbons (Fsp3) is 0.919. The lowest BCUT2D eigenvalue weighted by molar-refractivity contribution is -0.143. The number of hydrogen-bond donors (Lipinski definition) is 3. The fourth-order valence-electron chi connectivity index (χ4n) is 11.7. The van der Waals surface area contributed by atoms with E-state index in [1.807, 2.05) is 0 Å². The number of carbonyl (C=O) groups is 2. The summed E-state index contributed by atoms with van der Waals surface area (Å²) in [5.41, 5.74) is 0. The number of carbonyl (C=O) groups excluding carboxylic acids is 2. The van der Waals surface area contributed by atoms with E-state index in [-0.39, 0.29) is 18.5 Å². The third-order valence-corrected chi connectivity index (χ3v) is 17.3. The summed E-state index contributed by atoms with van der Waals surface area (Å²) < 4.78 is 5.49. The van der Waals surface area contributed by atoms with E-state index in [1.54, 1.807) is 0 Å². The van der Waals surface area contributed by atoms with Crippen LogP contribution in [0.3, 0.4) is 0 Å². The van der Waals surface area contributed by atoms with E-state index < -0.39 is 12.1 Å². The van der Waals surface area contributed by atoms with Crippen molar-refractivity contribution in [3.8, 4) is 0 Å². The van der Waals surface area contributed by atoms with Gasteiger partial charge in [-0.15, -0.1) is 0 Å². The largest absolute Gasteiger partial charge is 0.466 e. The molecule has 0 aliphatic rings. The van der Waals surface area contributed by atoms with Gasteiger partial charge >= 0.3 is 5.97 Å². The van der Waals surface area contributed by atoms with Crippen molar-refractivity contribution in [3.05, 3.63) is 24.3 Å². The van der Waals surface area contributed by atoms with E-state index >= 15 is 0 Å². The Morgan fingerprint density at radius 3 is 0.988 bits per heavy atom. The van der Waals surface area contributed by atoms with Crippen LogP contribution < -0.4 is 5.32 Å². The number of amides is 1. The highest BCUT2D eigenvalue weighted by molar-refractivity contribution is 5.76. The van der Waals surface area contributed by atoms with Gasteiger partial charge in [-0.25, -0.2) is 0 Å². The molecule has 474 valence electrons. The molecule has 0 aliphatic heterocycles. The Hall–Kier alpha value is -1.66. The van der Waals surface area contributed by atoms with E-state index in [4.69, 9.17) is 4.74 Å². The Labute approximate surface area is 501 Å². The Morgan fingerprint density at radius 2 is 0.637 bits per heavy atom. The maximum absolute atomic E-state index is 12.5. The molecule has 6 nitrogen and oxygen atoms in total. The van der Waals surface area contributed by atoms with Gasteiger partial charge < -0.3 is 20.3 Å². The number of ether oxygens (including phenoxy) is 1. The van der Waals surface area contributed by atoms with Crippen LogP contribution in [0, 0.1) is 0 Å². The van der Waals surface area contributed by atoms with Gasteiger partial charge in [0.05, 0.1) is 25.4 Å². The molecular weight excluding hydrogens is 983 g/mol. The van der Waals surface area contributed by atoms with Gasteiger partial charge in [-0.05, 0) is 51.4 Å². The topological polar surface area (TPSA) is 95.9 Å². The summed E-state index contributed by atoms with van der Waals surface area (Å²) in [6.45, 7) is 4.95. The van der Waals surface area contributed by atoms with Gasteiger partial charge in [0.2, 0.25) is 5.91 Å². The van der Waals surface area contributed by atoms with Crippen LogP contribution in [0.25, 0.3) is 0 Å². The number of esters is 1. The van der Waals surface area contributed by atoms with Crippen molar-refractivity contribution in [2.45, 2.75) is 424 Å². The van der Waals surface area contributed by atoms with Gasteiger partial charge in [-0.2, -0.15) is 0 Å². The molecule has 0 saturated heterocycles. The van der Waals surface area contributed by atoms with Crippen LogP contribution in [0.2, 0.25) is 0 Å². The van der Waals surface area contributed by atoms with Gasteiger partial charge in [0, 0.05) is 12.8 Å². The summed E-state index contributed by atoms with van der Waals surface area (Å²) in [4.78, 5) is 24.6. The second-order valence-electron chi connectivity index (χ2n) is 25.3. The Bertz CT molecular complexity index is 1250. The molecule has 2 unspecified atom stereocenters. The molecule has 0 radical (unpaired) electrons. The third kappa shape index (κ3) is 65.5. The second kappa shape index (κ2) is 69.8. The van der Waals surface area contributed by atoms with Gasteiger partial charge in [0.25, 0.3) is 0 Å². The lowest BCUT2D eigenvalue weighted by Crippen LogP contribution is -2.45. The van der Waals surface area contributed by atoms with Crippen LogP contribution in [-0.4, -0.2) is 47.4 Å². The Kier molecular flexibility index (Phi) is 68.4. The molecule has 80 heavy (non-hydrogen) atoms. The Balaban J connectivity index is 3.31. The summed E-state index contributed by atoms with van der Waals surface area (Å²) in [5.74, 6) is -0.0190. The van der Waals surface area contributed by atoms with Gasteiger partial charge in [0.1, 0.15) is 0 Å². The molecular formula is C74H143NO5. The van der Waals surface area contributed by atoms with Crippen LogP contribution >= 0.6 is 0 Å². The number of aliphatic hydroxyl groups is 2. The zero-order valence-electron chi connectivity index (χ0n) is 54.3. The van der Waals surface area contributed by atoms with Crippen LogP contribution in [0.1, 0.15) is 412 Å². The smallest absolute Gasteiger partial charge is 0.305 e. The molecule has 0 aromatic heterocycles. The molecule has 0 aliphatic carbocycles. The first kappa shape index (κ1) is 78.3. The average molecular weight is 1130 g/mol. The number of unbranched alkanes of at least 4 members (excludes halogenated alkanes) is 54. The van der Waals surface area contributed by atoms with Gasteiger partial charge in [0.15, 0.2) is 0 Å². The maximum atomic E-state index is 12.5. The SMILES string of the molecule is CCCC/C=C\C/C=C\CCCCCCCC(=O)OCCCCCCCCCCCCCCCCCCCCCCCCCCCCCCCCCCCC(=O)NC(CO)C(O)CCCCCCCCCCCCCCCCCC. The second-order valence-corrected chi connectivity index (χ2v) is 25.3. The van der Waals surface area contributed by atoms with Crippen molar-refractivity contribution in [2.75, 3.05) is 13.2 Å².